The van der Waals surface area contributed by atoms with E-state index < -0.39 is 0 Å². The van der Waals surface area contributed by atoms with Gasteiger partial charge in [0.25, 0.3) is 0 Å². The van der Waals surface area contributed by atoms with Gasteiger partial charge in [0.1, 0.15) is 0 Å². The fourth-order valence-electron chi connectivity index (χ4n) is 0.625. The van der Waals surface area contributed by atoms with Gasteiger partial charge >= 0.3 is 0 Å². The van der Waals surface area contributed by atoms with E-state index in [1.807, 2.05) is 0 Å². The lowest BCUT2D eigenvalue weighted by atomic mass is 10.3. The van der Waals surface area contributed by atoms with Crippen LogP contribution in [0.3, 0.4) is 0 Å². The standard InChI is InChI=1S/C8H7Br2NO/c1-5(12)11-8-3-2-6(9)4-7(8)10/h2-4H,1H3,(H,11,12)/i2D,3D,4D. The van der Waals surface area contributed by atoms with Crippen LogP contribution in [0.2, 0.25) is 0 Å². The Bertz CT molecular complexity index is 407. The number of hydrogen-bond donors (Lipinski definition) is 1. The SMILES string of the molecule is [2H]c1c([2H])c(NC(C)=O)c(Br)c([2H])c1Br. The van der Waals surface area contributed by atoms with Crippen molar-refractivity contribution in [3.8, 4) is 0 Å². The van der Waals surface area contributed by atoms with Crippen LogP contribution in [0.15, 0.2) is 27.1 Å². The summed E-state index contributed by atoms with van der Waals surface area (Å²) in [4.78, 5) is 10.9. The molecule has 0 aromatic heterocycles. The zero-order valence-electron chi connectivity index (χ0n) is 9.16. The molecule has 0 saturated heterocycles. The van der Waals surface area contributed by atoms with Crippen LogP contribution in [0.4, 0.5) is 5.69 Å². The van der Waals surface area contributed by atoms with Crippen molar-refractivity contribution in [3.63, 3.8) is 0 Å². The normalized spacial score (nSPS) is 13.1. The first-order valence-corrected chi connectivity index (χ1v) is 4.67. The van der Waals surface area contributed by atoms with Crippen molar-refractivity contribution in [3.05, 3.63) is 27.1 Å². The summed E-state index contributed by atoms with van der Waals surface area (Å²) in [5.74, 6) is -0.342. The summed E-state index contributed by atoms with van der Waals surface area (Å²) in [6.07, 6.45) is 0. The molecule has 0 atom stereocenters. The van der Waals surface area contributed by atoms with Gasteiger partial charge in [0.05, 0.1) is 9.80 Å². The molecule has 0 radical (unpaired) electrons. The number of carbonyl (C=O) groups excluding carboxylic acids is 1. The van der Waals surface area contributed by atoms with Gasteiger partial charge < -0.3 is 5.32 Å². The maximum absolute atomic E-state index is 10.9. The largest absolute Gasteiger partial charge is 0.325 e. The minimum absolute atomic E-state index is 0.0414. The van der Waals surface area contributed by atoms with E-state index in [2.05, 4.69) is 37.2 Å². The Balaban J connectivity index is 3.45. The highest BCUT2D eigenvalue weighted by atomic mass is 79.9. The first kappa shape index (κ1) is 6.16. The molecule has 0 fully saturated rings. The molecular formula is C8H7Br2NO. The molecule has 0 heterocycles. The average Bonchev–Trinajstić information content (AvgIpc) is 2.18. The number of rotatable bonds is 1. The molecule has 4 heteroatoms. The maximum atomic E-state index is 10.9. The van der Waals surface area contributed by atoms with Crippen molar-refractivity contribution in [2.75, 3.05) is 5.32 Å². The molecule has 0 spiro atoms. The first-order chi connectivity index (χ1) is 6.86. The van der Waals surface area contributed by atoms with Crippen molar-refractivity contribution in [1.82, 2.24) is 0 Å². The van der Waals surface area contributed by atoms with E-state index in [1.54, 1.807) is 0 Å². The van der Waals surface area contributed by atoms with Gasteiger partial charge in [0.15, 0.2) is 0 Å². The number of nitrogens with one attached hydrogen (secondary N) is 1. The molecule has 0 aliphatic heterocycles. The van der Waals surface area contributed by atoms with Crippen LogP contribution in [0, 0.1) is 0 Å². The quantitative estimate of drug-likeness (QED) is 0.847. The lowest BCUT2D eigenvalue weighted by Gasteiger charge is -2.04. The summed E-state index contributed by atoms with van der Waals surface area (Å²) in [6.45, 7) is 1.31. The van der Waals surface area contributed by atoms with Crippen LogP contribution < -0.4 is 5.32 Å². The fraction of sp³-hybridized carbons (Fsp3) is 0.125. The van der Waals surface area contributed by atoms with Crippen molar-refractivity contribution >= 4 is 43.5 Å². The van der Waals surface area contributed by atoms with Crippen molar-refractivity contribution < 1.29 is 8.91 Å². The van der Waals surface area contributed by atoms with E-state index in [1.165, 1.54) is 6.92 Å². The molecule has 12 heavy (non-hydrogen) atoms. The Morgan fingerprint density at radius 3 is 2.83 bits per heavy atom. The number of hydrogen-bond acceptors (Lipinski definition) is 1. The summed E-state index contributed by atoms with van der Waals surface area (Å²) in [6, 6.07) is -0.202. The number of halogens is 2. The van der Waals surface area contributed by atoms with E-state index in [0.717, 1.165) is 0 Å². The van der Waals surface area contributed by atoms with Crippen molar-refractivity contribution in [2.45, 2.75) is 6.92 Å². The van der Waals surface area contributed by atoms with Crippen LogP contribution in [0.5, 0.6) is 0 Å². The second kappa shape index (κ2) is 4.05. The summed E-state index contributed by atoms with van der Waals surface area (Å²) in [7, 11) is 0. The van der Waals surface area contributed by atoms with E-state index in [-0.39, 0.29) is 34.2 Å². The molecule has 64 valence electrons. The smallest absolute Gasteiger partial charge is 0.221 e. The highest BCUT2D eigenvalue weighted by molar-refractivity contribution is 9.11. The molecule has 2 nitrogen and oxygen atoms in total. The van der Waals surface area contributed by atoms with Gasteiger partial charge in [-0.2, -0.15) is 0 Å². The second-order valence-electron chi connectivity index (χ2n) is 2.06. The molecule has 0 aliphatic carbocycles. The molecule has 0 bridgehead atoms. The minimum Gasteiger partial charge on any atom is -0.325 e. The maximum Gasteiger partial charge on any atom is 0.221 e. The molecule has 0 saturated carbocycles. The van der Waals surface area contributed by atoms with E-state index in [9.17, 15) is 4.79 Å². The molecule has 1 N–H and O–H groups in total. The Labute approximate surface area is 91.8 Å². The van der Waals surface area contributed by atoms with Gasteiger partial charge in [-0.25, -0.2) is 0 Å². The molecular weight excluding hydrogens is 286 g/mol. The molecule has 0 unspecified atom stereocenters. The third-order valence-corrected chi connectivity index (χ3v) is 2.03. The van der Waals surface area contributed by atoms with Crippen LogP contribution in [0.1, 0.15) is 11.0 Å². The van der Waals surface area contributed by atoms with Crippen LogP contribution in [-0.4, -0.2) is 5.91 Å². The van der Waals surface area contributed by atoms with Crippen molar-refractivity contribution in [1.29, 1.82) is 0 Å². The van der Waals surface area contributed by atoms with Crippen LogP contribution in [-0.2, 0) is 4.79 Å². The first-order valence-electron chi connectivity index (χ1n) is 4.58. The molecule has 0 aliphatic rings. The number of benzene rings is 1. The van der Waals surface area contributed by atoms with Crippen LogP contribution in [0.25, 0.3) is 0 Å². The molecule has 1 aromatic carbocycles. The summed E-state index contributed by atoms with van der Waals surface area (Å²) < 4.78 is 23.3. The number of carbonyl (C=O) groups is 1. The van der Waals surface area contributed by atoms with Gasteiger partial charge in [0.2, 0.25) is 5.91 Å². The third-order valence-electron chi connectivity index (χ3n) is 1.04. The van der Waals surface area contributed by atoms with Gasteiger partial charge in [-0.3, -0.25) is 4.79 Å². The van der Waals surface area contributed by atoms with E-state index in [4.69, 9.17) is 4.11 Å². The number of anilines is 1. The minimum atomic E-state index is -0.342. The molecule has 1 aromatic rings. The van der Waals surface area contributed by atoms with Gasteiger partial charge in [-0.15, -0.1) is 0 Å². The lowest BCUT2D eigenvalue weighted by Crippen LogP contribution is -2.05. The van der Waals surface area contributed by atoms with E-state index >= 15 is 0 Å². The summed E-state index contributed by atoms with van der Waals surface area (Å²) >= 11 is 6.15. The van der Waals surface area contributed by atoms with E-state index in [0.29, 0.717) is 4.47 Å². The van der Waals surface area contributed by atoms with Crippen molar-refractivity contribution in [2.24, 2.45) is 0 Å². The van der Waals surface area contributed by atoms with Crippen LogP contribution >= 0.6 is 31.9 Å². The zero-order chi connectivity index (χ0) is 11.7. The monoisotopic (exact) mass is 294 g/mol. The highest BCUT2D eigenvalue weighted by Gasteiger charge is 2.00. The van der Waals surface area contributed by atoms with Gasteiger partial charge in [-0.05, 0) is 34.1 Å². The average molecular weight is 296 g/mol. The lowest BCUT2D eigenvalue weighted by molar-refractivity contribution is -0.114. The Hall–Kier alpha value is -0.350. The Kier molecular flexibility index (Phi) is 2.08. The zero-order valence-corrected chi connectivity index (χ0v) is 9.34. The molecule has 1 amide bonds. The third kappa shape index (κ3) is 2.60. The molecule has 1 rings (SSSR count). The Morgan fingerprint density at radius 2 is 2.25 bits per heavy atom. The highest BCUT2D eigenvalue weighted by Crippen LogP contribution is 2.25. The van der Waals surface area contributed by atoms with Gasteiger partial charge in [-0.1, -0.05) is 15.9 Å². The second-order valence-corrected chi connectivity index (χ2v) is 3.65. The fourth-order valence-corrected chi connectivity index (χ4v) is 1.58. The Morgan fingerprint density at radius 1 is 1.58 bits per heavy atom. The summed E-state index contributed by atoms with van der Waals surface area (Å²) in [5.41, 5.74) is 0.153. The van der Waals surface area contributed by atoms with Gasteiger partial charge in [0, 0.05) is 15.9 Å². The summed E-state index contributed by atoms with van der Waals surface area (Å²) in [5, 5.41) is 2.42. The predicted molar refractivity (Wildman–Crippen MR) is 56.1 cm³/mol. The predicted octanol–water partition coefficient (Wildman–Crippen LogP) is 3.17. The number of amides is 1. The topological polar surface area (TPSA) is 29.1 Å².